The van der Waals surface area contributed by atoms with Crippen molar-refractivity contribution in [2.45, 2.75) is 19.5 Å². The summed E-state index contributed by atoms with van der Waals surface area (Å²) >= 11 is 9.37. The van der Waals surface area contributed by atoms with E-state index in [1.54, 1.807) is 6.07 Å². The number of fused-ring (bicyclic) bond motifs is 1. The molecule has 21 heavy (non-hydrogen) atoms. The number of benzene rings is 2. The van der Waals surface area contributed by atoms with Gasteiger partial charge in [0.15, 0.2) is 0 Å². The predicted octanol–water partition coefficient (Wildman–Crippen LogP) is 4.47. The van der Waals surface area contributed by atoms with Gasteiger partial charge in [-0.1, -0.05) is 27.5 Å². The maximum Gasteiger partial charge on any atom is 0.127 e. The summed E-state index contributed by atoms with van der Waals surface area (Å²) in [5.74, 6) is 0.661. The van der Waals surface area contributed by atoms with Crippen molar-refractivity contribution in [1.29, 1.82) is 0 Å². The predicted molar refractivity (Wildman–Crippen MR) is 85.3 cm³/mol. The van der Waals surface area contributed by atoms with Gasteiger partial charge in [-0.2, -0.15) is 0 Å². The first-order chi connectivity index (χ1) is 10.1. The van der Waals surface area contributed by atoms with Crippen LogP contribution in [0.25, 0.3) is 0 Å². The first-order valence-electron chi connectivity index (χ1n) is 6.71. The van der Waals surface area contributed by atoms with Crippen molar-refractivity contribution >= 4 is 27.5 Å². The molecule has 0 unspecified atom stereocenters. The molecule has 0 aliphatic carbocycles. The molecule has 2 aromatic carbocycles. The fourth-order valence-electron chi connectivity index (χ4n) is 2.53. The van der Waals surface area contributed by atoms with Crippen molar-refractivity contribution in [3.05, 3.63) is 62.3 Å². The van der Waals surface area contributed by atoms with E-state index in [4.69, 9.17) is 16.3 Å². The molecule has 0 atom stereocenters. The van der Waals surface area contributed by atoms with Crippen LogP contribution in [0.15, 0.2) is 34.8 Å². The number of nitrogens with one attached hydrogen (secondary N) is 1. The Morgan fingerprint density at radius 3 is 2.86 bits per heavy atom. The molecule has 5 heteroatoms. The zero-order valence-electron chi connectivity index (χ0n) is 11.3. The molecule has 0 amide bonds. The van der Waals surface area contributed by atoms with Gasteiger partial charge in [-0.05, 0) is 41.5 Å². The first-order valence-corrected chi connectivity index (χ1v) is 7.89. The van der Waals surface area contributed by atoms with E-state index < -0.39 is 0 Å². The van der Waals surface area contributed by atoms with Crippen LogP contribution < -0.4 is 10.1 Å². The molecule has 3 rings (SSSR count). The third-order valence-electron chi connectivity index (χ3n) is 3.39. The molecule has 2 nitrogen and oxygen atoms in total. The van der Waals surface area contributed by atoms with Gasteiger partial charge < -0.3 is 10.1 Å². The molecule has 0 bridgehead atoms. The summed E-state index contributed by atoms with van der Waals surface area (Å²) in [4.78, 5) is 0. The van der Waals surface area contributed by atoms with Crippen LogP contribution in [0.5, 0.6) is 5.75 Å². The highest BCUT2D eigenvalue weighted by atomic mass is 79.9. The van der Waals surface area contributed by atoms with E-state index in [9.17, 15) is 4.39 Å². The third-order valence-corrected chi connectivity index (χ3v) is 4.07. The second-order valence-corrected chi connectivity index (χ2v) is 6.38. The number of halogens is 3. The Morgan fingerprint density at radius 1 is 1.19 bits per heavy atom. The monoisotopic (exact) mass is 369 g/mol. The van der Waals surface area contributed by atoms with E-state index in [-0.39, 0.29) is 5.82 Å². The fourth-order valence-corrected chi connectivity index (χ4v) is 3.33. The smallest absolute Gasteiger partial charge is 0.127 e. The van der Waals surface area contributed by atoms with Gasteiger partial charge in [-0.25, -0.2) is 4.39 Å². The van der Waals surface area contributed by atoms with Gasteiger partial charge in [0.1, 0.15) is 11.6 Å². The number of rotatable bonds is 4. The quantitative estimate of drug-likeness (QED) is 0.857. The average Bonchev–Trinajstić information content (AvgIpc) is 2.85. The highest BCUT2D eigenvalue weighted by Gasteiger charge is 2.17. The van der Waals surface area contributed by atoms with Crippen LogP contribution >= 0.6 is 27.5 Å². The van der Waals surface area contributed by atoms with Crippen LogP contribution in [0.4, 0.5) is 4.39 Å². The minimum absolute atomic E-state index is 0.314. The van der Waals surface area contributed by atoms with Crippen LogP contribution in [0.1, 0.15) is 16.7 Å². The van der Waals surface area contributed by atoms with Crippen molar-refractivity contribution in [3.8, 4) is 5.75 Å². The topological polar surface area (TPSA) is 21.3 Å². The lowest BCUT2D eigenvalue weighted by Crippen LogP contribution is -2.13. The zero-order chi connectivity index (χ0) is 14.8. The first kappa shape index (κ1) is 14.8. The van der Waals surface area contributed by atoms with Gasteiger partial charge in [0.25, 0.3) is 0 Å². The van der Waals surface area contributed by atoms with Gasteiger partial charge in [0, 0.05) is 34.6 Å². The maximum absolute atomic E-state index is 13.3. The molecule has 0 saturated heterocycles. The van der Waals surface area contributed by atoms with E-state index in [0.717, 1.165) is 34.4 Å². The Labute approximate surface area is 136 Å². The maximum atomic E-state index is 13.3. The van der Waals surface area contributed by atoms with Gasteiger partial charge >= 0.3 is 0 Å². The van der Waals surface area contributed by atoms with Crippen molar-refractivity contribution in [1.82, 2.24) is 5.32 Å². The number of ether oxygens (including phenoxy) is 1. The fraction of sp³-hybridized carbons (Fsp3) is 0.250. The minimum Gasteiger partial charge on any atom is -0.493 e. The van der Waals surface area contributed by atoms with E-state index in [1.165, 1.54) is 17.7 Å². The highest BCUT2D eigenvalue weighted by molar-refractivity contribution is 9.10. The van der Waals surface area contributed by atoms with Crippen LogP contribution in [-0.2, 0) is 19.5 Å². The molecular weight excluding hydrogens is 357 g/mol. The Hall–Kier alpha value is -1.10. The molecule has 1 aliphatic heterocycles. The lowest BCUT2D eigenvalue weighted by atomic mass is 10.1. The van der Waals surface area contributed by atoms with E-state index >= 15 is 0 Å². The van der Waals surface area contributed by atoms with E-state index in [0.29, 0.717) is 18.1 Å². The summed E-state index contributed by atoms with van der Waals surface area (Å²) in [5, 5.41) is 3.72. The average molecular weight is 371 g/mol. The zero-order valence-corrected chi connectivity index (χ0v) is 13.6. The Morgan fingerprint density at radius 2 is 2.05 bits per heavy atom. The van der Waals surface area contributed by atoms with Crippen molar-refractivity contribution < 1.29 is 9.13 Å². The summed E-state index contributed by atoms with van der Waals surface area (Å²) < 4.78 is 20.0. The Bertz CT molecular complexity index is 657. The lowest BCUT2D eigenvalue weighted by Gasteiger charge is -2.10. The molecule has 0 radical (unpaired) electrons. The molecule has 1 N–H and O–H groups in total. The molecule has 2 aromatic rings. The van der Waals surface area contributed by atoms with Crippen LogP contribution in [0.3, 0.4) is 0 Å². The standard InChI is InChI=1S/C16H14BrClFNO/c17-13-5-11-1-2-21-16(11)12(6-13)9-20-8-10-3-14(18)7-15(19)4-10/h3-7,20H,1-2,8-9H2. The molecule has 110 valence electrons. The third kappa shape index (κ3) is 3.57. The summed E-state index contributed by atoms with van der Waals surface area (Å²) in [6.45, 7) is 1.95. The summed E-state index contributed by atoms with van der Waals surface area (Å²) in [6, 6.07) is 8.70. The number of hydrogen-bond acceptors (Lipinski definition) is 2. The van der Waals surface area contributed by atoms with Crippen LogP contribution in [0, 0.1) is 5.82 Å². The molecule has 0 aromatic heterocycles. The van der Waals surface area contributed by atoms with Gasteiger partial charge in [0.05, 0.1) is 6.61 Å². The van der Waals surface area contributed by atoms with E-state index in [2.05, 4.69) is 33.4 Å². The van der Waals surface area contributed by atoms with Gasteiger partial charge in [-0.3, -0.25) is 0 Å². The molecule has 0 spiro atoms. The molecule has 0 fully saturated rings. The second kappa shape index (κ2) is 6.34. The van der Waals surface area contributed by atoms with E-state index in [1.807, 2.05) is 0 Å². The van der Waals surface area contributed by atoms with Gasteiger partial charge in [0.2, 0.25) is 0 Å². The number of hydrogen-bond donors (Lipinski definition) is 1. The SMILES string of the molecule is Fc1cc(Cl)cc(CNCc2cc(Br)cc3c2OCC3)c1. The highest BCUT2D eigenvalue weighted by Crippen LogP contribution is 2.32. The molecular formula is C16H14BrClFNO. The largest absolute Gasteiger partial charge is 0.493 e. The normalized spacial score (nSPS) is 13.1. The lowest BCUT2D eigenvalue weighted by molar-refractivity contribution is 0.352. The van der Waals surface area contributed by atoms with Crippen molar-refractivity contribution in [2.75, 3.05) is 6.61 Å². The Balaban J connectivity index is 1.68. The molecule has 1 heterocycles. The van der Waals surface area contributed by atoms with Crippen molar-refractivity contribution in [3.63, 3.8) is 0 Å². The Kier molecular flexibility index (Phi) is 4.48. The van der Waals surface area contributed by atoms with Crippen LogP contribution in [-0.4, -0.2) is 6.61 Å². The summed E-state index contributed by atoms with van der Waals surface area (Å²) in [7, 11) is 0. The van der Waals surface area contributed by atoms with Crippen LogP contribution in [0.2, 0.25) is 5.02 Å². The van der Waals surface area contributed by atoms with Gasteiger partial charge in [-0.15, -0.1) is 0 Å². The van der Waals surface area contributed by atoms with Crippen molar-refractivity contribution in [2.24, 2.45) is 0 Å². The summed E-state index contributed by atoms with van der Waals surface area (Å²) in [6.07, 6.45) is 0.946. The summed E-state index contributed by atoms with van der Waals surface area (Å²) in [5.41, 5.74) is 3.17. The molecule has 1 aliphatic rings. The minimum atomic E-state index is -0.314. The molecule has 0 saturated carbocycles. The second-order valence-electron chi connectivity index (χ2n) is 5.03.